The van der Waals surface area contributed by atoms with Gasteiger partial charge >= 0.3 is 0 Å². The minimum atomic E-state index is 0. The van der Waals surface area contributed by atoms with E-state index in [1.54, 1.807) is 24.0 Å². The number of benzene rings is 1. The molecule has 4 nitrogen and oxygen atoms in total. The van der Waals surface area contributed by atoms with Gasteiger partial charge in [-0.25, -0.2) is 5.32 Å². The zero-order valence-electron chi connectivity index (χ0n) is 10.7. The van der Waals surface area contributed by atoms with Crippen LogP contribution in [0.4, 0.5) is 0 Å². The van der Waals surface area contributed by atoms with Crippen LogP contribution in [0.2, 0.25) is 0 Å². The second-order valence-corrected chi connectivity index (χ2v) is 5.99. The Kier molecular flexibility index (Phi) is 4.80. The number of nitrogens with two attached hydrogens (primary N) is 1. The maximum atomic E-state index is 9.59. The third-order valence-electron chi connectivity index (χ3n) is 3.34. The van der Waals surface area contributed by atoms with Gasteiger partial charge in [0.2, 0.25) is 0 Å². The third kappa shape index (κ3) is 2.74. The van der Waals surface area contributed by atoms with Gasteiger partial charge in [-0.1, -0.05) is 0 Å². The summed E-state index contributed by atoms with van der Waals surface area (Å²) in [7, 11) is 0. The molecule has 3 N–H and O–H groups in total. The van der Waals surface area contributed by atoms with Gasteiger partial charge in [0.25, 0.3) is 0 Å². The van der Waals surface area contributed by atoms with Crippen LogP contribution >= 0.6 is 36.4 Å². The van der Waals surface area contributed by atoms with Crippen molar-refractivity contribution in [2.45, 2.75) is 17.4 Å². The third-order valence-corrected chi connectivity index (χ3v) is 4.91. The fourth-order valence-corrected chi connectivity index (χ4v) is 3.90. The number of phenols is 1. The molecule has 0 saturated carbocycles. The first-order valence-corrected chi connectivity index (χ1v) is 7.46. The highest BCUT2D eigenvalue weighted by molar-refractivity contribution is 7.99. The Labute approximate surface area is 133 Å². The van der Waals surface area contributed by atoms with Gasteiger partial charge in [0, 0.05) is 23.2 Å². The van der Waals surface area contributed by atoms with Crippen LogP contribution in [0.3, 0.4) is 0 Å². The number of hydrogen-bond acceptors (Lipinski definition) is 4. The highest BCUT2D eigenvalue weighted by Gasteiger charge is 2.31. The molecule has 2 heterocycles. The summed E-state index contributed by atoms with van der Waals surface area (Å²) < 4.78 is 0. The first-order chi connectivity index (χ1) is 9.19. The van der Waals surface area contributed by atoms with Crippen LogP contribution in [-0.4, -0.2) is 33.5 Å². The number of fused-ring (bicyclic) bond motifs is 1. The Morgan fingerprint density at radius 1 is 1.50 bits per heavy atom. The van der Waals surface area contributed by atoms with Gasteiger partial charge in [0.1, 0.15) is 5.75 Å². The zero-order valence-corrected chi connectivity index (χ0v) is 13.1. The number of hydrogen-bond donors (Lipinski definition) is 2. The Hall–Kier alpha value is -0.950. The summed E-state index contributed by atoms with van der Waals surface area (Å²) in [6.45, 7) is 0.442. The summed E-state index contributed by atoms with van der Waals surface area (Å²) in [5, 5.41) is 14.4. The number of rotatable bonds is 2. The van der Waals surface area contributed by atoms with E-state index in [2.05, 4.69) is 10.2 Å². The van der Waals surface area contributed by atoms with E-state index in [4.69, 9.17) is 18.0 Å². The summed E-state index contributed by atoms with van der Waals surface area (Å²) >= 11 is 7.07. The first kappa shape index (κ1) is 15.4. The van der Waals surface area contributed by atoms with Crippen LogP contribution in [0.5, 0.6) is 5.75 Å². The van der Waals surface area contributed by atoms with Crippen molar-refractivity contribution in [3.8, 4) is 5.75 Å². The minimum Gasteiger partial charge on any atom is -0.508 e. The van der Waals surface area contributed by atoms with Crippen LogP contribution < -0.4 is 11.1 Å². The SMILES string of the molecule is Cl.NCC1=C[N]C(=S)N1[C@H]1CSc2ccc(O)cc2C1. The molecule has 0 aromatic heterocycles. The van der Waals surface area contributed by atoms with Crippen molar-refractivity contribution >= 4 is 41.5 Å². The average molecular weight is 329 g/mol. The molecule has 0 aliphatic carbocycles. The number of nitrogens with zero attached hydrogens (tertiary/aromatic N) is 2. The van der Waals surface area contributed by atoms with Gasteiger partial charge in [-0.15, -0.1) is 24.2 Å². The maximum Gasteiger partial charge on any atom is 0.200 e. The molecule has 2 aliphatic heterocycles. The molecular weight excluding hydrogens is 314 g/mol. The molecule has 0 fully saturated rings. The van der Waals surface area contributed by atoms with Crippen molar-refractivity contribution in [2.24, 2.45) is 5.73 Å². The molecule has 1 aromatic rings. The Bertz CT molecular complexity index is 565. The summed E-state index contributed by atoms with van der Waals surface area (Å²) in [5.74, 6) is 1.26. The van der Waals surface area contributed by atoms with Crippen LogP contribution in [0.15, 0.2) is 35.0 Å². The second kappa shape index (κ2) is 6.22. The van der Waals surface area contributed by atoms with Crippen molar-refractivity contribution in [2.75, 3.05) is 12.3 Å². The Morgan fingerprint density at radius 3 is 3.05 bits per heavy atom. The molecule has 3 rings (SSSR count). The number of halogens is 1. The van der Waals surface area contributed by atoms with Gasteiger partial charge in [-0.05, 0) is 42.4 Å². The molecule has 0 unspecified atom stereocenters. The Morgan fingerprint density at radius 2 is 2.30 bits per heavy atom. The minimum absolute atomic E-state index is 0. The lowest BCUT2D eigenvalue weighted by Crippen LogP contribution is -2.43. The molecule has 1 atom stereocenters. The highest BCUT2D eigenvalue weighted by atomic mass is 35.5. The lowest BCUT2D eigenvalue weighted by Gasteiger charge is -2.33. The number of aromatic hydroxyl groups is 1. The van der Waals surface area contributed by atoms with Gasteiger partial charge in [-0.2, -0.15) is 0 Å². The second-order valence-electron chi connectivity index (χ2n) is 4.57. The van der Waals surface area contributed by atoms with Crippen LogP contribution in [0.25, 0.3) is 0 Å². The summed E-state index contributed by atoms with van der Waals surface area (Å²) in [6.07, 6.45) is 2.61. The largest absolute Gasteiger partial charge is 0.508 e. The Balaban J connectivity index is 0.00000147. The van der Waals surface area contributed by atoms with E-state index in [9.17, 15) is 5.11 Å². The summed E-state index contributed by atoms with van der Waals surface area (Å²) in [5.41, 5.74) is 7.87. The lowest BCUT2D eigenvalue weighted by molar-refractivity contribution is 0.401. The average Bonchev–Trinajstić information content (AvgIpc) is 2.79. The molecule has 0 spiro atoms. The molecule has 0 saturated heterocycles. The van der Waals surface area contributed by atoms with Crippen LogP contribution in [-0.2, 0) is 6.42 Å². The van der Waals surface area contributed by atoms with Crippen molar-refractivity contribution in [1.29, 1.82) is 0 Å². The molecule has 20 heavy (non-hydrogen) atoms. The number of thiocarbonyl (C=S) groups is 1. The van der Waals surface area contributed by atoms with Crippen molar-refractivity contribution in [3.63, 3.8) is 0 Å². The summed E-state index contributed by atoms with van der Waals surface area (Å²) in [4.78, 5) is 3.28. The van der Waals surface area contributed by atoms with Crippen LogP contribution in [0, 0.1) is 0 Å². The normalized spacial score (nSPS) is 20.9. The number of thioether (sulfide) groups is 1. The summed E-state index contributed by atoms with van der Waals surface area (Å²) in [6, 6.07) is 5.79. The van der Waals surface area contributed by atoms with Crippen LogP contribution in [0.1, 0.15) is 5.56 Å². The van der Waals surface area contributed by atoms with E-state index in [0.29, 0.717) is 17.4 Å². The quantitative estimate of drug-likeness (QED) is 0.811. The fourth-order valence-electron chi connectivity index (χ4n) is 2.45. The predicted molar refractivity (Wildman–Crippen MR) is 87.3 cm³/mol. The first-order valence-electron chi connectivity index (χ1n) is 6.07. The van der Waals surface area contributed by atoms with E-state index in [-0.39, 0.29) is 18.4 Å². The predicted octanol–water partition coefficient (Wildman–Crippen LogP) is 1.84. The molecule has 107 valence electrons. The van der Waals surface area contributed by atoms with Crippen molar-refractivity contribution in [1.82, 2.24) is 10.2 Å². The van der Waals surface area contributed by atoms with E-state index >= 15 is 0 Å². The highest BCUT2D eigenvalue weighted by Crippen LogP contribution is 2.35. The standard InChI is InChI=1S/C13H14N3OS2.ClH/c14-5-10-6-15-13(18)16(10)9-3-8-4-11(17)1-2-12(8)19-7-9;/h1-2,4,6,9,17H,3,5,7,14H2;1H/t9-;/m1./s1. The molecule has 7 heteroatoms. The van der Waals surface area contributed by atoms with Gasteiger partial charge in [0.05, 0.1) is 11.9 Å². The molecule has 1 aromatic carbocycles. The number of phenolic OH excluding ortho intramolecular Hbond substituents is 1. The van der Waals surface area contributed by atoms with Gasteiger partial charge in [-0.3, -0.25) is 0 Å². The van der Waals surface area contributed by atoms with E-state index in [1.165, 1.54) is 4.90 Å². The van der Waals surface area contributed by atoms with Crippen molar-refractivity contribution in [3.05, 3.63) is 35.7 Å². The monoisotopic (exact) mass is 328 g/mol. The van der Waals surface area contributed by atoms with Gasteiger partial charge < -0.3 is 15.7 Å². The topological polar surface area (TPSA) is 63.6 Å². The van der Waals surface area contributed by atoms with Gasteiger partial charge in [0.15, 0.2) is 5.11 Å². The fraction of sp³-hybridized carbons (Fsp3) is 0.308. The van der Waals surface area contributed by atoms with E-state index in [0.717, 1.165) is 23.4 Å². The maximum absolute atomic E-state index is 9.59. The molecule has 2 aliphatic rings. The van der Waals surface area contributed by atoms with E-state index in [1.807, 2.05) is 12.1 Å². The molecule has 0 bridgehead atoms. The smallest absolute Gasteiger partial charge is 0.200 e. The molecular formula is C13H15ClN3OS2. The molecule has 1 radical (unpaired) electrons. The van der Waals surface area contributed by atoms with Crippen molar-refractivity contribution < 1.29 is 5.11 Å². The lowest BCUT2D eigenvalue weighted by atomic mass is 10.0. The van der Waals surface area contributed by atoms with E-state index < -0.39 is 0 Å². The zero-order chi connectivity index (χ0) is 13.4. The molecule has 0 amide bonds.